The number of benzene rings is 2. The third-order valence-electron chi connectivity index (χ3n) is 4.86. The number of ether oxygens (including phenoxy) is 2. The van der Waals surface area contributed by atoms with E-state index in [2.05, 4.69) is 10.6 Å². The normalized spacial score (nSPS) is 14.6. The Bertz CT molecular complexity index is 927. The molecule has 0 atom stereocenters. The molecule has 3 aromatic rings. The molecule has 2 aromatic carbocycles. The number of nitrogens with zero attached hydrogens (tertiary/aromatic N) is 3. The maximum Gasteiger partial charge on any atom is 0.254 e. The van der Waals surface area contributed by atoms with E-state index in [1.54, 1.807) is 7.11 Å². The molecule has 0 saturated carbocycles. The summed E-state index contributed by atoms with van der Waals surface area (Å²) in [5.74, 6) is 0.941. The minimum absolute atomic E-state index is 0.0535. The summed E-state index contributed by atoms with van der Waals surface area (Å²) in [6.45, 7) is 3.84. The Kier molecular flexibility index (Phi) is 5.18. The molecular weight excluding hydrogens is 342 g/mol. The highest BCUT2D eigenvalue weighted by Gasteiger charge is 2.19. The topological polar surface area (TPSA) is 56.6 Å². The Hall–Kier alpha value is -2.70. The Morgan fingerprint density at radius 3 is 2.59 bits per heavy atom. The summed E-state index contributed by atoms with van der Waals surface area (Å²) in [6.07, 6.45) is 0. The number of rotatable bonds is 5. The van der Waals surface area contributed by atoms with Gasteiger partial charge in [0.2, 0.25) is 0 Å². The second kappa shape index (κ2) is 7.90. The molecule has 0 N–H and O–H groups in total. The van der Waals surface area contributed by atoms with Crippen LogP contribution in [0.25, 0.3) is 22.4 Å². The molecule has 1 saturated heterocycles. The number of methoxy groups -OCH3 is 1. The zero-order valence-corrected chi connectivity index (χ0v) is 15.4. The van der Waals surface area contributed by atoms with Crippen molar-refractivity contribution in [3.05, 3.63) is 54.1 Å². The molecule has 1 amide bonds. The zero-order chi connectivity index (χ0) is 18.6. The second-order valence-corrected chi connectivity index (χ2v) is 6.55. The van der Waals surface area contributed by atoms with Gasteiger partial charge in [0.25, 0.3) is 5.91 Å². The molecule has 1 aliphatic heterocycles. The van der Waals surface area contributed by atoms with Crippen LogP contribution in [0.2, 0.25) is 0 Å². The summed E-state index contributed by atoms with van der Waals surface area (Å²) in [6, 6.07) is 15.8. The van der Waals surface area contributed by atoms with Gasteiger partial charge in [0.05, 0.1) is 30.9 Å². The van der Waals surface area contributed by atoms with E-state index in [1.807, 2.05) is 47.4 Å². The van der Waals surface area contributed by atoms with Crippen LogP contribution < -0.4 is 0 Å². The first kappa shape index (κ1) is 17.7. The van der Waals surface area contributed by atoms with E-state index in [-0.39, 0.29) is 5.91 Å². The van der Waals surface area contributed by atoms with Crippen LogP contribution >= 0.6 is 0 Å². The molecule has 0 unspecified atom stereocenters. The lowest BCUT2D eigenvalue weighted by molar-refractivity contribution is 0.0303. The molecule has 1 aliphatic rings. The van der Waals surface area contributed by atoms with Gasteiger partial charge in [-0.1, -0.05) is 24.3 Å². The number of morpholine rings is 1. The molecular formula is C21H23N3O3. The molecule has 0 radical (unpaired) electrons. The highest BCUT2D eigenvalue weighted by molar-refractivity contribution is 5.94. The number of imidazole rings is 1. The fourth-order valence-corrected chi connectivity index (χ4v) is 3.42. The highest BCUT2D eigenvalue weighted by Crippen LogP contribution is 2.25. The van der Waals surface area contributed by atoms with Crippen LogP contribution in [0.4, 0.5) is 0 Å². The monoisotopic (exact) mass is 365 g/mol. The van der Waals surface area contributed by atoms with Gasteiger partial charge < -0.3 is 18.9 Å². The number of fused-ring (bicyclic) bond motifs is 1. The van der Waals surface area contributed by atoms with Crippen LogP contribution in [-0.2, 0) is 16.0 Å². The Balaban J connectivity index is 1.64. The quantitative estimate of drug-likeness (QED) is 0.698. The van der Waals surface area contributed by atoms with Crippen molar-refractivity contribution >= 4 is 16.9 Å². The van der Waals surface area contributed by atoms with E-state index >= 15 is 0 Å². The molecule has 4 rings (SSSR count). The standard InChI is InChI=1S/C21H23N3O3/c1-26-13-12-24-19-5-3-2-4-18(19)22-20(24)16-6-8-17(9-7-16)21(25)23-10-14-27-15-11-23/h2-9H,10-15H2,1H3. The Morgan fingerprint density at radius 2 is 1.85 bits per heavy atom. The van der Waals surface area contributed by atoms with Gasteiger partial charge in [-0.15, -0.1) is 0 Å². The smallest absolute Gasteiger partial charge is 0.254 e. The molecule has 140 valence electrons. The predicted octanol–water partition coefficient (Wildman–Crippen LogP) is 2.82. The van der Waals surface area contributed by atoms with E-state index in [0.717, 1.165) is 29.0 Å². The third-order valence-corrected chi connectivity index (χ3v) is 4.86. The van der Waals surface area contributed by atoms with E-state index in [4.69, 9.17) is 14.5 Å². The van der Waals surface area contributed by atoms with Gasteiger partial charge in [-0.2, -0.15) is 0 Å². The van der Waals surface area contributed by atoms with E-state index < -0.39 is 0 Å². The average Bonchev–Trinajstić information content (AvgIpc) is 3.11. The molecule has 1 fully saturated rings. The van der Waals surface area contributed by atoms with Crippen molar-refractivity contribution in [3.8, 4) is 11.4 Å². The number of carbonyl (C=O) groups is 1. The van der Waals surface area contributed by atoms with Gasteiger partial charge in [0.15, 0.2) is 0 Å². The molecule has 6 heteroatoms. The largest absolute Gasteiger partial charge is 0.383 e. The first-order chi connectivity index (χ1) is 13.3. The Labute approximate surface area is 158 Å². The molecule has 0 aliphatic carbocycles. The van der Waals surface area contributed by atoms with E-state index in [9.17, 15) is 4.79 Å². The molecule has 2 heterocycles. The highest BCUT2D eigenvalue weighted by atomic mass is 16.5. The van der Waals surface area contributed by atoms with Crippen molar-refractivity contribution in [2.45, 2.75) is 6.54 Å². The van der Waals surface area contributed by atoms with Crippen molar-refractivity contribution < 1.29 is 14.3 Å². The van der Waals surface area contributed by atoms with Gasteiger partial charge in [-0.3, -0.25) is 4.79 Å². The zero-order valence-electron chi connectivity index (χ0n) is 15.4. The fourth-order valence-electron chi connectivity index (χ4n) is 3.42. The van der Waals surface area contributed by atoms with Crippen molar-refractivity contribution in [2.24, 2.45) is 0 Å². The van der Waals surface area contributed by atoms with Crippen LogP contribution in [0.3, 0.4) is 0 Å². The van der Waals surface area contributed by atoms with Crippen LogP contribution in [0.1, 0.15) is 10.4 Å². The average molecular weight is 365 g/mol. The van der Waals surface area contributed by atoms with Gasteiger partial charge in [-0.05, 0) is 24.3 Å². The van der Waals surface area contributed by atoms with Crippen molar-refractivity contribution in [1.82, 2.24) is 14.5 Å². The molecule has 6 nitrogen and oxygen atoms in total. The van der Waals surface area contributed by atoms with Crippen molar-refractivity contribution in [1.29, 1.82) is 0 Å². The van der Waals surface area contributed by atoms with Crippen LogP contribution in [-0.4, -0.2) is 60.4 Å². The van der Waals surface area contributed by atoms with Crippen LogP contribution in [0, 0.1) is 0 Å². The summed E-state index contributed by atoms with van der Waals surface area (Å²) in [5, 5.41) is 0. The van der Waals surface area contributed by atoms with Gasteiger partial charge in [0, 0.05) is 37.9 Å². The van der Waals surface area contributed by atoms with Crippen LogP contribution in [0.5, 0.6) is 0 Å². The van der Waals surface area contributed by atoms with E-state index in [1.165, 1.54) is 0 Å². The van der Waals surface area contributed by atoms with Crippen molar-refractivity contribution in [3.63, 3.8) is 0 Å². The fraction of sp³-hybridized carbons (Fsp3) is 0.333. The number of amides is 1. The summed E-state index contributed by atoms with van der Waals surface area (Å²) >= 11 is 0. The first-order valence-electron chi connectivity index (χ1n) is 9.19. The third kappa shape index (κ3) is 3.59. The number of aromatic nitrogens is 2. The SMILES string of the molecule is COCCn1c(-c2ccc(C(=O)N3CCOCC3)cc2)nc2ccccc21. The first-order valence-corrected chi connectivity index (χ1v) is 9.19. The summed E-state index contributed by atoms with van der Waals surface area (Å²) in [4.78, 5) is 19.3. The summed E-state index contributed by atoms with van der Waals surface area (Å²) in [5.41, 5.74) is 3.72. The van der Waals surface area contributed by atoms with Gasteiger partial charge in [0.1, 0.15) is 5.82 Å². The lowest BCUT2D eigenvalue weighted by atomic mass is 10.1. The number of carbonyl (C=O) groups excluding carboxylic acids is 1. The lowest BCUT2D eigenvalue weighted by Crippen LogP contribution is -2.40. The summed E-state index contributed by atoms with van der Waals surface area (Å²) < 4.78 is 12.7. The Morgan fingerprint density at radius 1 is 1.11 bits per heavy atom. The van der Waals surface area contributed by atoms with Crippen molar-refractivity contribution in [2.75, 3.05) is 40.0 Å². The second-order valence-electron chi connectivity index (χ2n) is 6.55. The lowest BCUT2D eigenvalue weighted by Gasteiger charge is -2.26. The number of hydrogen-bond acceptors (Lipinski definition) is 4. The summed E-state index contributed by atoms with van der Waals surface area (Å²) in [7, 11) is 1.70. The minimum Gasteiger partial charge on any atom is -0.383 e. The van der Waals surface area contributed by atoms with Crippen LogP contribution in [0.15, 0.2) is 48.5 Å². The maximum atomic E-state index is 12.6. The van der Waals surface area contributed by atoms with E-state index in [0.29, 0.717) is 38.5 Å². The molecule has 27 heavy (non-hydrogen) atoms. The molecule has 0 spiro atoms. The molecule has 0 bridgehead atoms. The minimum atomic E-state index is 0.0535. The van der Waals surface area contributed by atoms with Gasteiger partial charge in [-0.25, -0.2) is 4.98 Å². The molecule has 1 aromatic heterocycles. The number of hydrogen-bond donors (Lipinski definition) is 0. The maximum absolute atomic E-state index is 12.6. The predicted molar refractivity (Wildman–Crippen MR) is 104 cm³/mol. The van der Waals surface area contributed by atoms with Gasteiger partial charge >= 0.3 is 0 Å². The number of para-hydroxylation sites is 2.